The number of aliphatic carboxylic acids is 1. The Balaban J connectivity index is 2.62. The molecule has 0 fully saturated rings. The Hall–Kier alpha value is -1.70. The van der Waals surface area contributed by atoms with Crippen LogP contribution in [0, 0.1) is 0 Å². The first kappa shape index (κ1) is 15.4. The Kier molecular flexibility index (Phi) is 6.20. The molecule has 0 aliphatic carbocycles. The second-order valence-corrected chi connectivity index (χ2v) is 4.79. The normalized spacial score (nSPS) is 14.7. The van der Waals surface area contributed by atoms with Crippen molar-refractivity contribution in [3.05, 3.63) is 11.3 Å². The molecule has 1 aliphatic rings. The highest BCUT2D eigenvalue weighted by molar-refractivity contribution is 7.99. The number of carbonyl (C=O) groups excluding carboxylic acids is 2. The fraction of sp³-hybridized carbons (Fsp3) is 0.545. The Labute approximate surface area is 114 Å². The molecule has 3 N–H and O–H groups in total. The van der Waals surface area contributed by atoms with Crippen LogP contribution in [0.15, 0.2) is 11.3 Å². The highest BCUT2D eigenvalue weighted by Gasteiger charge is 2.23. The van der Waals surface area contributed by atoms with Gasteiger partial charge in [0, 0.05) is 17.2 Å². The zero-order chi connectivity index (χ0) is 14.3. The van der Waals surface area contributed by atoms with E-state index in [-0.39, 0.29) is 25.6 Å². The molecule has 7 nitrogen and oxygen atoms in total. The van der Waals surface area contributed by atoms with E-state index >= 15 is 0 Å². The number of ether oxygens (including phenoxy) is 1. The van der Waals surface area contributed by atoms with Crippen LogP contribution in [0.3, 0.4) is 0 Å². The molecule has 2 amide bonds. The van der Waals surface area contributed by atoms with Gasteiger partial charge >= 0.3 is 18.0 Å². The maximum Gasteiger partial charge on any atom is 0.337 e. The fourth-order valence-electron chi connectivity index (χ4n) is 1.40. The molecule has 1 heterocycles. The van der Waals surface area contributed by atoms with Gasteiger partial charge in [-0.25, -0.2) is 9.59 Å². The van der Waals surface area contributed by atoms with E-state index < -0.39 is 11.9 Å². The van der Waals surface area contributed by atoms with E-state index in [9.17, 15) is 14.4 Å². The molecule has 0 spiro atoms. The third kappa shape index (κ3) is 5.21. The second-order valence-electron chi connectivity index (χ2n) is 3.68. The third-order valence-corrected chi connectivity index (χ3v) is 3.27. The summed E-state index contributed by atoms with van der Waals surface area (Å²) in [5.41, 5.74) is 0.863. The second kappa shape index (κ2) is 7.67. The van der Waals surface area contributed by atoms with Crippen LogP contribution in [0.5, 0.6) is 0 Å². The average Bonchev–Trinajstić information content (AvgIpc) is 2.34. The van der Waals surface area contributed by atoms with Crippen molar-refractivity contribution < 1.29 is 24.2 Å². The summed E-state index contributed by atoms with van der Waals surface area (Å²) in [6.45, 7) is 2.09. The van der Waals surface area contributed by atoms with Crippen molar-refractivity contribution in [2.75, 3.05) is 24.7 Å². The number of thioether (sulfide) groups is 1. The van der Waals surface area contributed by atoms with Crippen LogP contribution in [0.2, 0.25) is 0 Å². The zero-order valence-corrected chi connectivity index (χ0v) is 11.3. The first-order chi connectivity index (χ1) is 9.04. The lowest BCUT2D eigenvalue weighted by Gasteiger charge is -2.21. The number of carboxylic acids is 1. The number of carboxylic acid groups (broad SMARTS) is 1. The standard InChI is InChI=1S/C11H16N2O5S/c1-2-18-10(16)7-5-12-11(17)13-8(7)6-19-4-3-9(14)15/h2-6H2,1H3,(H,14,15)(H2,12,13,17). The Morgan fingerprint density at radius 1 is 1.47 bits per heavy atom. The van der Waals surface area contributed by atoms with Gasteiger partial charge in [0.2, 0.25) is 0 Å². The van der Waals surface area contributed by atoms with Crippen molar-refractivity contribution in [3.63, 3.8) is 0 Å². The van der Waals surface area contributed by atoms with Crippen LogP contribution in [-0.2, 0) is 14.3 Å². The number of nitrogens with one attached hydrogen (secondary N) is 2. The molecule has 106 valence electrons. The van der Waals surface area contributed by atoms with Gasteiger partial charge in [0.25, 0.3) is 0 Å². The number of hydrogen-bond donors (Lipinski definition) is 3. The van der Waals surface area contributed by atoms with E-state index in [2.05, 4.69) is 10.6 Å². The van der Waals surface area contributed by atoms with Gasteiger partial charge < -0.3 is 20.5 Å². The molecule has 19 heavy (non-hydrogen) atoms. The predicted molar refractivity (Wildman–Crippen MR) is 69.8 cm³/mol. The number of rotatable bonds is 7. The van der Waals surface area contributed by atoms with Crippen LogP contribution in [-0.4, -0.2) is 47.7 Å². The molecule has 0 radical (unpaired) electrons. The van der Waals surface area contributed by atoms with E-state index in [1.165, 1.54) is 11.8 Å². The van der Waals surface area contributed by atoms with Gasteiger partial charge in [0.15, 0.2) is 0 Å². The molecule has 1 aliphatic heterocycles. The molecule has 1 rings (SSSR count). The third-order valence-electron chi connectivity index (χ3n) is 2.28. The number of hydrogen-bond acceptors (Lipinski definition) is 5. The zero-order valence-electron chi connectivity index (χ0n) is 10.5. The van der Waals surface area contributed by atoms with Crippen LogP contribution in [0.1, 0.15) is 13.3 Å². The van der Waals surface area contributed by atoms with Gasteiger partial charge in [-0.05, 0) is 6.92 Å². The van der Waals surface area contributed by atoms with Crippen molar-refractivity contribution >= 4 is 29.7 Å². The molecule has 0 bridgehead atoms. The molecule has 0 saturated carbocycles. The number of esters is 1. The molecule has 0 aromatic heterocycles. The lowest BCUT2D eigenvalue weighted by atomic mass is 10.2. The Morgan fingerprint density at radius 3 is 2.84 bits per heavy atom. The minimum atomic E-state index is -0.874. The lowest BCUT2D eigenvalue weighted by molar-refractivity contribution is -0.139. The summed E-state index contributed by atoms with van der Waals surface area (Å²) >= 11 is 1.34. The van der Waals surface area contributed by atoms with Crippen LogP contribution in [0.25, 0.3) is 0 Å². The fourth-order valence-corrected chi connectivity index (χ4v) is 2.32. The van der Waals surface area contributed by atoms with Gasteiger partial charge in [-0.2, -0.15) is 11.8 Å². The molecule has 0 saturated heterocycles. The van der Waals surface area contributed by atoms with Gasteiger partial charge in [-0.3, -0.25) is 4.79 Å². The van der Waals surface area contributed by atoms with E-state index in [1.807, 2.05) is 0 Å². The van der Waals surface area contributed by atoms with E-state index in [4.69, 9.17) is 9.84 Å². The van der Waals surface area contributed by atoms with Gasteiger partial charge in [0.05, 0.1) is 25.1 Å². The summed E-state index contributed by atoms with van der Waals surface area (Å²) in [7, 11) is 0. The quantitative estimate of drug-likeness (QED) is 0.460. The maximum atomic E-state index is 11.7. The molecule has 8 heteroatoms. The average molecular weight is 288 g/mol. The van der Waals surface area contributed by atoms with Crippen molar-refractivity contribution in [1.29, 1.82) is 0 Å². The largest absolute Gasteiger partial charge is 0.481 e. The smallest absolute Gasteiger partial charge is 0.337 e. The lowest BCUT2D eigenvalue weighted by Crippen LogP contribution is -2.44. The molecule has 0 atom stereocenters. The molecular weight excluding hydrogens is 272 g/mol. The van der Waals surface area contributed by atoms with Gasteiger partial charge in [0.1, 0.15) is 0 Å². The molecular formula is C11H16N2O5S. The summed E-state index contributed by atoms with van der Waals surface area (Å²) in [5.74, 6) is -0.558. The summed E-state index contributed by atoms with van der Waals surface area (Å²) in [6, 6.07) is -0.373. The summed E-state index contributed by atoms with van der Waals surface area (Å²) < 4.78 is 4.90. The predicted octanol–water partition coefficient (Wildman–Crippen LogP) is 0.324. The summed E-state index contributed by atoms with van der Waals surface area (Å²) in [5, 5.41) is 13.6. The first-order valence-corrected chi connectivity index (χ1v) is 6.93. The summed E-state index contributed by atoms with van der Waals surface area (Å²) in [4.78, 5) is 33.3. The highest BCUT2D eigenvalue weighted by atomic mass is 32.2. The Bertz CT molecular complexity index is 408. The molecule has 0 aromatic rings. The van der Waals surface area contributed by atoms with Crippen molar-refractivity contribution in [3.8, 4) is 0 Å². The van der Waals surface area contributed by atoms with E-state index in [0.717, 1.165) is 0 Å². The van der Waals surface area contributed by atoms with E-state index in [0.29, 0.717) is 22.8 Å². The minimum Gasteiger partial charge on any atom is -0.481 e. The summed E-state index contributed by atoms with van der Waals surface area (Å²) in [6.07, 6.45) is 0.0406. The maximum absolute atomic E-state index is 11.7. The number of amides is 2. The van der Waals surface area contributed by atoms with Gasteiger partial charge in [-0.1, -0.05) is 0 Å². The topological polar surface area (TPSA) is 105 Å². The monoisotopic (exact) mass is 288 g/mol. The van der Waals surface area contributed by atoms with E-state index in [1.54, 1.807) is 6.92 Å². The van der Waals surface area contributed by atoms with Crippen LogP contribution < -0.4 is 10.6 Å². The minimum absolute atomic E-state index is 0.0406. The first-order valence-electron chi connectivity index (χ1n) is 5.78. The number of carbonyl (C=O) groups is 3. The van der Waals surface area contributed by atoms with Crippen molar-refractivity contribution in [1.82, 2.24) is 10.6 Å². The van der Waals surface area contributed by atoms with Crippen LogP contribution in [0.4, 0.5) is 4.79 Å². The SMILES string of the molecule is CCOC(=O)C1=C(CSCCC(=O)O)NC(=O)NC1. The van der Waals surface area contributed by atoms with Crippen molar-refractivity contribution in [2.45, 2.75) is 13.3 Å². The molecule has 0 unspecified atom stereocenters. The Morgan fingerprint density at radius 2 is 2.21 bits per heavy atom. The van der Waals surface area contributed by atoms with Gasteiger partial charge in [-0.15, -0.1) is 0 Å². The van der Waals surface area contributed by atoms with Crippen LogP contribution >= 0.6 is 11.8 Å². The highest BCUT2D eigenvalue weighted by Crippen LogP contribution is 2.14. The number of urea groups is 1. The van der Waals surface area contributed by atoms with Crippen molar-refractivity contribution in [2.24, 2.45) is 0 Å². The molecule has 0 aromatic carbocycles.